The zero-order chi connectivity index (χ0) is 17.8. The number of fused-ring (bicyclic) bond motifs is 2. The zero-order valence-corrected chi connectivity index (χ0v) is 15.4. The van der Waals surface area contributed by atoms with Crippen molar-refractivity contribution >= 4 is 28.8 Å². The second kappa shape index (κ2) is 7.66. The summed E-state index contributed by atoms with van der Waals surface area (Å²) in [6.07, 6.45) is 1.84. The summed E-state index contributed by atoms with van der Waals surface area (Å²) in [7, 11) is 3.14. The highest BCUT2D eigenvalue weighted by Crippen LogP contribution is 2.42. The zero-order valence-electron chi connectivity index (χ0n) is 14.6. The number of benzene rings is 2. The highest BCUT2D eigenvalue weighted by molar-refractivity contribution is 8.08. The molecule has 0 aliphatic carbocycles. The first-order valence-electron chi connectivity index (χ1n) is 8.10. The van der Waals surface area contributed by atoms with Gasteiger partial charge in [-0.2, -0.15) is 0 Å². The van der Waals surface area contributed by atoms with Crippen molar-refractivity contribution in [1.82, 2.24) is 4.90 Å². The minimum atomic E-state index is -0.319. The summed E-state index contributed by atoms with van der Waals surface area (Å²) in [5.41, 5.74) is 3.33. The maximum atomic E-state index is 11.5. The standard InChI is InChI=1S/C20H21NO3S/c1-14-8-9-18-16(12-14)19(25-11-10-21(2)20(22)23-3)13-15-6-4-5-7-17(15)24-18/h4-9,12-13H,10-11H2,1-3H3. The first-order chi connectivity index (χ1) is 12.1. The van der Waals surface area contributed by atoms with Crippen LogP contribution >= 0.6 is 11.8 Å². The third kappa shape index (κ3) is 3.99. The van der Waals surface area contributed by atoms with Crippen LogP contribution < -0.4 is 4.74 Å². The van der Waals surface area contributed by atoms with Gasteiger partial charge >= 0.3 is 6.09 Å². The summed E-state index contributed by atoms with van der Waals surface area (Å²) in [5, 5.41) is 0. The summed E-state index contributed by atoms with van der Waals surface area (Å²) in [6.45, 7) is 2.68. The van der Waals surface area contributed by atoms with Crippen molar-refractivity contribution in [2.45, 2.75) is 6.92 Å². The number of para-hydroxylation sites is 1. The molecule has 0 saturated carbocycles. The molecule has 130 valence electrons. The van der Waals surface area contributed by atoms with Gasteiger partial charge in [0.2, 0.25) is 0 Å². The van der Waals surface area contributed by atoms with Gasteiger partial charge in [0.05, 0.1) is 7.11 Å². The lowest BCUT2D eigenvalue weighted by molar-refractivity contribution is 0.135. The van der Waals surface area contributed by atoms with Crippen LogP contribution in [-0.2, 0) is 4.74 Å². The van der Waals surface area contributed by atoms with E-state index in [0.717, 1.165) is 33.3 Å². The molecule has 0 radical (unpaired) electrons. The topological polar surface area (TPSA) is 38.8 Å². The van der Waals surface area contributed by atoms with Crippen LogP contribution in [0.25, 0.3) is 11.0 Å². The molecule has 1 aliphatic heterocycles. The fraction of sp³-hybridized carbons (Fsp3) is 0.250. The van der Waals surface area contributed by atoms with E-state index in [0.29, 0.717) is 6.54 Å². The third-order valence-corrected chi connectivity index (χ3v) is 5.03. The predicted molar refractivity (Wildman–Crippen MR) is 103 cm³/mol. The Kier molecular flexibility index (Phi) is 5.34. The van der Waals surface area contributed by atoms with Crippen LogP contribution in [-0.4, -0.2) is 37.4 Å². The second-order valence-electron chi connectivity index (χ2n) is 5.89. The van der Waals surface area contributed by atoms with Crippen LogP contribution in [0.4, 0.5) is 4.79 Å². The molecule has 0 saturated heterocycles. The Bertz CT molecular complexity index is 816. The second-order valence-corrected chi connectivity index (χ2v) is 7.02. The normalized spacial score (nSPS) is 12.2. The molecular weight excluding hydrogens is 334 g/mol. The molecule has 25 heavy (non-hydrogen) atoms. The van der Waals surface area contributed by atoms with Crippen molar-refractivity contribution in [2.24, 2.45) is 0 Å². The van der Waals surface area contributed by atoms with Gasteiger partial charge in [-0.15, -0.1) is 11.8 Å². The molecule has 3 rings (SSSR count). The van der Waals surface area contributed by atoms with E-state index in [4.69, 9.17) is 9.47 Å². The van der Waals surface area contributed by atoms with Crippen molar-refractivity contribution in [3.8, 4) is 11.5 Å². The molecule has 0 unspecified atom stereocenters. The lowest BCUT2D eigenvalue weighted by atomic mass is 10.1. The van der Waals surface area contributed by atoms with Gasteiger partial charge in [-0.25, -0.2) is 4.79 Å². The van der Waals surface area contributed by atoms with Crippen molar-refractivity contribution in [2.75, 3.05) is 26.5 Å². The Hall–Kier alpha value is -2.40. The monoisotopic (exact) mass is 355 g/mol. The van der Waals surface area contributed by atoms with Crippen LogP contribution in [0.3, 0.4) is 0 Å². The maximum absolute atomic E-state index is 11.5. The van der Waals surface area contributed by atoms with E-state index >= 15 is 0 Å². The Morgan fingerprint density at radius 2 is 2.00 bits per heavy atom. The Morgan fingerprint density at radius 3 is 2.80 bits per heavy atom. The fourth-order valence-corrected chi connectivity index (χ4v) is 3.73. The van der Waals surface area contributed by atoms with Gasteiger partial charge < -0.3 is 14.4 Å². The van der Waals surface area contributed by atoms with E-state index in [1.165, 1.54) is 12.7 Å². The number of hydrogen-bond donors (Lipinski definition) is 0. The van der Waals surface area contributed by atoms with Gasteiger partial charge in [0.15, 0.2) is 0 Å². The number of carbonyl (C=O) groups excluding carboxylic acids is 1. The van der Waals surface area contributed by atoms with Crippen LogP contribution in [0.15, 0.2) is 42.5 Å². The van der Waals surface area contributed by atoms with Crippen molar-refractivity contribution in [1.29, 1.82) is 0 Å². The molecule has 2 aromatic carbocycles. The van der Waals surface area contributed by atoms with E-state index in [1.807, 2.05) is 24.3 Å². The molecule has 1 aliphatic rings. The van der Waals surface area contributed by atoms with Crippen LogP contribution in [0, 0.1) is 6.92 Å². The van der Waals surface area contributed by atoms with Crippen molar-refractivity contribution in [3.05, 3.63) is 59.2 Å². The highest BCUT2D eigenvalue weighted by Gasteiger charge is 2.17. The minimum Gasteiger partial charge on any atom is -0.456 e. The molecule has 0 spiro atoms. The molecule has 2 aromatic rings. The lowest BCUT2D eigenvalue weighted by Gasteiger charge is -2.16. The number of rotatable bonds is 4. The smallest absolute Gasteiger partial charge is 0.409 e. The summed E-state index contributed by atoms with van der Waals surface area (Å²) in [6, 6.07) is 14.2. The molecule has 0 aromatic heterocycles. The summed E-state index contributed by atoms with van der Waals surface area (Å²) < 4.78 is 10.9. The maximum Gasteiger partial charge on any atom is 0.409 e. The quantitative estimate of drug-likeness (QED) is 0.771. The molecule has 0 bridgehead atoms. The number of thioether (sulfide) groups is 1. The number of ether oxygens (including phenoxy) is 2. The summed E-state index contributed by atoms with van der Waals surface area (Å²) in [4.78, 5) is 14.2. The third-order valence-electron chi connectivity index (χ3n) is 4.00. The molecule has 4 nitrogen and oxygen atoms in total. The number of amides is 1. The number of methoxy groups -OCH3 is 1. The van der Waals surface area contributed by atoms with Crippen LogP contribution in [0.1, 0.15) is 16.7 Å². The molecule has 0 atom stereocenters. The lowest BCUT2D eigenvalue weighted by Crippen LogP contribution is -2.28. The first kappa shape index (κ1) is 17.4. The minimum absolute atomic E-state index is 0.319. The van der Waals surface area contributed by atoms with Gasteiger partial charge in [0.1, 0.15) is 11.5 Å². The molecule has 0 fully saturated rings. The van der Waals surface area contributed by atoms with Crippen molar-refractivity contribution in [3.63, 3.8) is 0 Å². The Morgan fingerprint density at radius 1 is 1.20 bits per heavy atom. The van der Waals surface area contributed by atoms with Crippen LogP contribution in [0.5, 0.6) is 11.5 Å². The van der Waals surface area contributed by atoms with Gasteiger partial charge in [0, 0.05) is 35.4 Å². The summed E-state index contributed by atoms with van der Waals surface area (Å²) >= 11 is 1.71. The van der Waals surface area contributed by atoms with E-state index in [1.54, 1.807) is 23.7 Å². The highest BCUT2D eigenvalue weighted by atomic mass is 32.2. The van der Waals surface area contributed by atoms with E-state index < -0.39 is 0 Å². The van der Waals surface area contributed by atoms with Gasteiger partial charge in [0.25, 0.3) is 0 Å². The average molecular weight is 355 g/mol. The number of hydrogen-bond acceptors (Lipinski definition) is 4. The Balaban J connectivity index is 1.87. The molecular formula is C20H21NO3S. The van der Waals surface area contributed by atoms with Gasteiger partial charge in [-0.3, -0.25) is 0 Å². The van der Waals surface area contributed by atoms with E-state index in [-0.39, 0.29) is 6.09 Å². The molecule has 0 N–H and O–H groups in total. The van der Waals surface area contributed by atoms with E-state index in [2.05, 4.69) is 31.2 Å². The summed E-state index contributed by atoms with van der Waals surface area (Å²) in [5.74, 6) is 2.48. The predicted octanol–water partition coefficient (Wildman–Crippen LogP) is 5.03. The van der Waals surface area contributed by atoms with Gasteiger partial charge in [-0.1, -0.05) is 29.8 Å². The van der Waals surface area contributed by atoms with Gasteiger partial charge in [-0.05, 0) is 31.2 Å². The molecule has 1 amide bonds. The number of carbonyl (C=O) groups is 1. The van der Waals surface area contributed by atoms with Crippen LogP contribution in [0.2, 0.25) is 0 Å². The number of nitrogens with zero attached hydrogens (tertiary/aromatic N) is 1. The fourth-order valence-electron chi connectivity index (χ4n) is 2.61. The SMILES string of the molecule is COC(=O)N(C)CCSC1=Cc2ccccc2Oc2ccc(C)cc21. The largest absolute Gasteiger partial charge is 0.456 e. The molecule has 1 heterocycles. The number of aryl methyl sites for hydroxylation is 1. The molecule has 5 heteroatoms. The first-order valence-corrected chi connectivity index (χ1v) is 9.08. The Labute approximate surface area is 152 Å². The van der Waals surface area contributed by atoms with E-state index in [9.17, 15) is 4.79 Å². The average Bonchev–Trinajstić information content (AvgIpc) is 2.77. The van der Waals surface area contributed by atoms with Crippen molar-refractivity contribution < 1.29 is 14.3 Å².